The Bertz CT molecular complexity index is 1020. The Labute approximate surface area is 163 Å². The second-order valence-electron chi connectivity index (χ2n) is 6.52. The monoisotopic (exact) mass is 374 g/mol. The Morgan fingerprint density at radius 2 is 1.85 bits per heavy atom. The molecule has 0 aliphatic carbocycles. The van der Waals surface area contributed by atoms with Crippen LogP contribution in [-0.4, -0.2) is 18.6 Å². The maximum atomic E-state index is 5.20. The Morgan fingerprint density at radius 1 is 0.963 bits per heavy atom. The highest BCUT2D eigenvalue weighted by molar-refractivity contribution is 7.14. The number of nitrogens with zero attached hydrogens (tertiary/aromatic N) is 1. The fourth-order valence-electron chi connectivity index (χ4n) is 3.14. The average Bonchev–Trinajstić information content (AvgIpc) is 3.20. The highest BCUT2D eigenvalue weighted by atomic mass is 32.1. The first-order chi connectivity index (χ1) is 13.3. The number of hydrogen-bond donors (Lipinski definition) is 1. The van der Waals surface area contributed by atoms with Crippen LogP contribution in [0.4, 0.5) is 5.00 Å². The number of benzene rings is 2. The van der Waals surface area contributed by atoms with Gasteiger partial charge in [0.15, 0.2) is 0 Å². The summed E-state index contributed by atoms with van der Waals surface area (Å²) in [6.45, 7) is 0.968. The minimum atomic E-state index is 0.910. The summed E-state index contributed by atoms with van der Waals surface area (Å²) in [6.07, 6.45) is 5.91. The number of thiophene rings is 1. The van der Waals surface area contributed by atoms with Gasteiger partial charge in [-0.2, -0.15) is 0 Å². The molecule has 0 saturated heterocycles. The zero-order valence-electron chi connectivity index (χ0n) is 15.3. The van der Waals surface area contributed by atoms with E-state index in [2.05, 4.69) is 58.1 Å². The van der Waals surface area contributed by atoms with Crippen molar-refractivity contribution in [2.45, 2.75) is 12.8 Å². The third kappa shape index (κ3) is 4.29. The number of ether oxygens (including phenoxy) is 1. The van der Waals surface area contributed by atoms with Crippen molar-refractivity contribution < 1.29 is 4.74 Å². The minimum absolute atomic E-state index is 0.910. The second-order valence-corrected chi connectivity index (χ2v) is 7.43. The van der Waals surface area contributed by atoms with E-state index in [1.165, 1.54) is 32.5 Å². The van der Waals surface area contributed by atoms with Gasteiger partial charge in [-0.3, -0.25) is 4.98 Å². The van der Waals surface area contributed by atoms with E-state index in [4.69, 9.17) is 4.74 Å². The van der Waals surface area contributed by atoms with Crippen molar-refractivity contribution in [3.05, 3.63) is 77.9 Å². The van der Waals surface area contributed by atoms with Crippen molar-refractivity contribution >= 4 is 27.1 Å². The molecule has 0 aliphatic rings. The summed E-state index contributed by atoms with van der Waals surface area (Å²) in [5, 5.41) is 9.38. The molecule has 2 aromatic carbocycles. The lowest BCUT2D eigenvalue weighted by atomic mass is 10.0. The SMILES string of the molecule is COc1ccc(CCCNc2cc(-c3ccc4cnccc4c3)cs2)cc1. The Kier molecular flexibility index (Phi) is 5.35. The Morgan fingerprint density at radius 3 is 2.70 bits per heavy atom. The van der Waals surface area contributed by atoms with Gasteiger partial charge in [0, 0.05) is 29.7 Å². The molecule has 4 rings (SSSR count). The fraction of sp³-hybridized carbons (Fsp3) is 0.174. The number of aryl methyl sites for hydroxylation is 1. The predicted octanol–water partition coefficient (Wildman–Crippen LogP) is 6.02. The first-order valence-electron chi connectivity index (χ1n) is 9.11. The fourth-order valence-corrected chi connectivity index (χ4v) is 3.98. The predicted molar refractivity (Wildman–Crippen MR) is 115 cm³/mol. The summed E-state index contributed by atoms with van der Waals surface area (Å²) in [7, 11) is 1.70. The normalized spacial score (nSPS) is 10.9. The first kappa shape index (κ1) is 17.6. The van der Waals surface area contributed by atoms with Gasteiger partial charge in [0.05, 0.1) is 12.1 Å². The van der Waals surface area contributed by atoms with Crippen LogP contribution in [-0.2, 0) is 6.42 Å². The van der Waals surface area contributed by atoms with Gasteiger partial charge in [-0.1, -0.05) is 24.3 Å². The van der Waals surface area contributed by atoms with Crippen LogP contribution in [0.25, 0.3) is 21.9 Å². The zero-order chi connectivity index (χ0) is 18.5. The van der Waals surface area contributed by atoms with Crippen LogP contribution in [0.3, 0.4) is 0 Å². The van der Waals surface area contributed by atoms with Crippen molar-refractivity contribution in [1.29, 1.82) is 0 Å². The summed E-state index contributed by atoms with van der Waals surface area (Å²) in [5.41, 5.74) is 3.85. The van der Waals surface area contributed by atoms with Gasteiger partial charge in [0.2, 0.25) is 0 Å². The summed E-state index contributed by atoms with van der Waals surface area (Å²) in [6, 6.07) is 19.1. The number of rotatable bonds is 7. The van der Waals surface area contributed by atoms with Crippen molar-refractivity contribution in [1.82, 2.24) is 4.98 Å². The first-order valence-corrected chi connectivity index (χ1v) is 9.99. The van der Waals surface area contributed by atoms with E-state index in [1.807, 2.05) is 24.5 Å². The van der Waals surface area contributed by atoms with E-state index in [-0.39, 0.29) is 0 Å². The molecule has 0 atom stereocenters. The Balaban J connectivity index is 1.33. The van der Waals surface area contributed by atoms with Gasteiger partial charge in [-0.15, -0.1) is 11.3 Å². The smallest absolute Gasteiger partial charge is 0.118 e. The van der Waals surface area contributed by atoms with E-state index in [0.717, 1.165) is 25.1 Å². The maximum absolute atomic E-state index is 5.20. The van der Waals surface area contributed by atoms with Crippen LogP contribution in [0.2, 0.25) is 0 Å². The summed E-state index contributed by atoms with van der Waals surface area (Å²) < 4.78 is 5.20. The van der Waals surface area contributed by atoms with Gasteiger partial charge >= 0.3 is 0 Å². The highest BCUT2D eigenvalue weighted by Gasteiger charge is 2.04. The van der Waals surface area contributed by atoms with E-state index >= 15 is 0 Å². The van der Waals surface area contributed by atoms with Gasteiger partial charge in [-0.25, -0.2) is 0 Å². The molecule has 4 heteroatoms. The quantitative estimate of drug-likeness (QED) is 0.402. The van der Waals surface area contributed by atoms with Crippen molar-refractivity contribution in [3.8, 4) is 16.9 Å². The number of aromatic nitrogens is 1. The number of pyridine rings is 1. The third-order valence-electron chi connectivity index (χ3n) is 4.67. The molecule has 0 aliphatic heterocycles. The lowest BCUT2D eigenvalue weighted by Crippen LogP contribution is -2.01. The standard InChI is InChI=1S/C23H22N2OS/c1-26-22-8-4-17(5-9-22)3-2-11-25-23-14-21(16-27-23)18-6-7-20-15-24-12-10-19(20)13-18/h4-10,12-16,25H,2-3,11H2,1H3. The van der Waals surface area contributed by atoms with Crippen LogP contribution in [0, 0.1) is 0 Å². The molecule has 3 nitrogen and oxygen atoms in total. The molecule has 2 aromatic heterocycles. The molecule has 4 aromatic rings. The van der Waals surface area contributed by atoms with Crippen molar-refractivity contribution in [2.75, 3.05) is 19.0 Å². The number of nitrogens with one attached hydrogen (secondary N) is 1. The summed E-state index contributed by atoms with van der Waals surface area (Å²) in [5.74, 6) is 0.910. The average molecular weight is 375 g/mol. The van der Waals surface area contributed by atoms with Gasteiger partial charge in [-0.05, 0) is 65.3 Å². The minimum Gasteiger partial charge on any atom is -0.497 e. The molecule has 136 valence electrons. The molecule has 0 fully saturated rings. The highest BCUT2D eigenvalue weighted by Crippen LogP contribution is 2.30. The lowest BCUT2D eigenvalue weighted by Gasteiger charge is -2.05. The van der Waals surface area contributed by atoms with Crippen LogP contribution in [0.1, 0.15) is 12.0 Å². The van der Waals surface area contributed by atoms with Crippen LogP contribution in [0.5, 0.6) is 5.75 Å². The van der Waals surface area contributed by atoms with E-state index in [1.54, 1.807) is 18.4 Å². The van der Waals surface area contributed by atoms with Gasteiger partial charge < -0.3 is 10.1 Å². The number of anilines is 1. The van der Waals surface area contributed by atoms with E-state index < -0.39 is 0 Å². The molecule has 0 amide bonds. The molecule has 0 bridgehead atoms. The largest absolute Gasteiger partial charge is 0.497 e. The van der Waals surface area contributed by atoms with Crippen LogP contribution in [0.15, 0.2) is 72.4 Å². The number of methoxy groups -OCH3 is 1. The second kappa shape index (κ2) is 8.23. The molecule has 27 heavy (non-hydrogen) atoms. The molecule has 0 radical (unpaired) electrons. The van der Waals surface area contributed by atoms with Gasteiger partial charge in [0.1, 0.15) is 5.75 Å². The molecule has 0 saturated carbocycles. The van der Waals surface area contributed by atoms with Crippen LogP contribution >= 0.6 is 11.3 Å². The molecule has 1 N–H and O–H groups in total. The lowest BCUT2D eigenvalue weighted by molar-refractivity contribution is 0.414. The number of fused-ring (bicyclic) bond motifs is 1. The maximum Gasteiger partial charge on any atom is 0.118 e. The third-order valence-corrected chi connectivity index (χ3v) is 5.56. The molecular formula is C23H22N2OS. The molecule has 2 heterocycles. The van der Waals surface area contributed by atoms with Crippen molar-refractivity contribution in [2.24, 2.45) is 0 Å². The molecule has 0 spiro atoms. The van der Waals surface area contributed by atoms with E-state index in [9.17, 15) is 0 Å². The van der Waals surface area contributed by atoms with Crippen LogP contribution < -0.4 is 10.1 Å². The van der Waals surface area contributed by atoms with Crippen molar-refractivity contribution in [3.63, 3.8) is 0 Å². The topological polar surface area (TPSA) is 34.1 Å². The molecule has 0 unspecified atom stereocenters. The summed E-state index contributed by atoms with van der Waals surface area (Å²) in [4.78, 5) is 4.18. The summed E-state index contributed by atoms with van der Waals surface area (Å²) >= 11 is 1.76. The molecular weight excluding hydrogens is 352 g/mol. The zero-order valence-corrected chi connectivity index (χ0v) is 16.1. The van der Waals surface area contributed by atoms with E-state index in [0.29, 0.717) is 0 Å². The number of hydrogen-bond acceptors (Lipinski definition) is 4. The van der Waals surface area contributed by atoms with Gasteiger partial charge in [0.25, 0.3) is 0 Å². The Hall–Kier alpha value is -2.85.